The van der Waals surface area contributed by atoms with Crippen molar-refractivity contribution in [1.82, 2.24) is 4.31 Å². The van der Waals surface area contributed by atoms with Crippen LogP contribution in [0.5, 0.6) is 0 Å². The maximum absolute atomic E-state index is 11.9. The Bertz CT molecular complexity index is 584. The average Bonchev–Trinajstić information content (AvgIpc) is 2.27. The van der Waals surface area contributed by atoms with E-state index >= 15 is 0 Å². The molecule has 0 fully saturated rings. The van der Waals surface area contributed by atoms with Crippen molar-refractivity contribution in [2.75, 3.05) is 14.1 Å². The summed E-state index contributed by atoms with van der Waals surface area (Å²) in [4.78, 5) is 10.5. The van der Waals surface area contributed by atoms with Gasteiger partial charge in [-0.3, -0.25) is 10.1 Å². The highest BCUT2D eigenvalue weighted by Gasteiger charge is 2.23. The van der Waals surface area contributed by atoms with Gasteiger partial charge in [-0.15, -0.1) is 0 Å². The van der Waals surface area contributed by atoms with Crippen LogP contribution in [0.25, 0.3) is 0 Å². The fourth-order valence-corrected chi connectivity index (χ4v) is 2.83. The van der Waals surface area contributed by atoms with Gasteiger partial charge in [0.05, 0.1) is 9.82 Å². The molecular weight excluding hydrogens is 336 g/mol. The number of nitro benzene ring substituents is 1. The molecule has 0 aliphatic heterocycles. The SMILES string of the molecule is CC(Br)Cc1ccc(S(=O)(=O)N(C)C)cc1[N+](=O)[O-]. The summed E-state index contributed by atoms with van der Waals surface area (Å²) in [5, 5.41) is 11.0. The maximum Gasteiger partial charge on any atom is 0.273 e. The van der Waals surface area contributed by atoms with E-state index in [2.05, 4.69) is 15.9 Å². The highest BCUT2D eigenvalue weighted by molar-refractivity contribution is 9.09. The molecule has 19 heavy (non-hydrogen) atoms. The number of sulfonamides is 1. The number of benzene rings is 1. The van der Waals surface area contributed by atoms with Crippen LogP contribution in [0.1, 0.15) is 12.5 Å². The first-order valence-electron chi connectivity index (χ1n) is 5.50. The van der Waals surface area contributed by atoms with E-state index in [0.717, 1.165) is 10.4 Å². The summed E-state index contributed by atoms with van der Waals surface area (Å²) in [6, 6.07) is 4.00. The van der Waals surface area contributed by atoms with E-state index in [4.69, 9.17) is 0 Å². The molecule has 1 unspecified atom stereocenters. The van der Waals surface area contributed by atoms with Crippen LogP contribution in [-0.2, 0) is 16.4 Å². The highest BCUT2D eigenvalue weighted by Crippen LogP contribution is 2.26. The number of halogens is 1. The molecule has 0 bridgehead atoms. The van der Waals surface area contributed by atoms with Gasteiger partial charge in [0.25, 0.3) is 5.69 Å². The number of rotatable bonds is 5. The molecule has 0 spiro atoms. The molecule has 0 saturated heterocycles. The molecule has 6 nitrogen and oxygen atoms in total. The second-order valence-electron chi connectivity index (χ2n) is 4.32. The lowest BCUT2D eigenvalue weighted by Crippen LogP contribution is -2.22. The van der Waals surface area contributed by atoms with Crippen molar-refractivity contribution in [3.63, 3.8) is 0 Å². The Balaban J connectivity index is 3.36. The van der Waals surface area contributed by atoms with E-state index in [1.54, 1.807) is 0 Å². The Labute approximate surface area is 120 Å². The van der Waals surface area contributed by atoms with Crippen LogP contribution >= 0.6 is 15.9 Å². The number of alkyl halides is 1. The Hall–Kier alpha value is -0.990. The van der Waals surface area contributed by atoms with E-state index in [-0.39, 0.29) is 15.4 Å². The lowest BCUT2D eigenvalue weighted by molar-refractivity contribution is -0.385. The van der Waals surface area contributed by atoms with Gasteiger partial charge in [0.2, 0.25) is 10.0 Å². The minimum Gasteiger partial charge on any atom is -0.258 e. The summed E-state index contributed by atoms with van der Waals surface area (Å²) in [6.45, 7) is 1.87. The third kappa shape index (κ3) is 3.74. The molecule has 0 aliphatic rings. The van der Waals surface area contributed by atoms with Crippen LogP contribution in [0.15, 0.2) is 23.1 Å². The van der Waals surface area contributed by atoms with Crippen molar-refractivity contribution >= 4 is 31.6 Å². The highest BCUT2D eigenvalue weighted by atomic mass is 79.9. The van der Waals surface area contributed by atoms with Crippen molar-refractivity contribution in [3.8, 4) is 0 Å². The van der Waals surface area contributed by atoms with Gasteiger partial charge < -0.3 is 0 Å². The molecule has 106 valence electrons. The second-order valence-corrected chi connectivity index (χ2v) is 8.03. The molecule has 1 atom stereocenters. The molecule has 1 rings (SSSR count). The third-order valence-electron chi connectivity index (χ3n) is 2.53. The van der Waals surface area contributed by atoms with E-state index in [0.29, 0.717) is 12.0 Å². The zero-order chi connectivity index (χ0) is 14.8. The van der Waals surface area contributed by atoms with E-state index < -0.39 is 14.9 Å². The Morgan fingerprint density at radius 3 is 2.42 bits per heavy atom. The molecule has 0 radical (unpaired) electrons. The van der Waals surface area contributed by atoms with Gasteiger partial charge in [-0.2, -0.15) is 0 Å². The van der Waals surface area contributed by atoms with Crippen LogP contribution in [0, 0.1) is 10.1 Å². The smallest absolute Gasteiger partial charge is 0.258 e. The van der Waals surface area contributed by atoms with E-state index in [1.165, 1.54) is 26.2 Å². The largest absolute Gasteiger partial charge is 0.273 e. The first kappa shape index (κ1) is 16.1. The van der Waals surface area contributed by atoms with Gasteiger partial charge in [0, 0.05) is 30.6 Å². The van der Waals surface area contributed by atoms with Gasteiger partial charge in [-0.05, 0) is 12.5 Å². The summed E-state index contributed by atoms with van der Waals surface area (Å²) < 4.78 is 24.9. The quantitative estimate of drug-likeness (QED) is 0.463. The lowest BCUT2D eigenvalue weighted by Gasteiger charge is -2.12. The molecular formula is C11H15BrN2O4S. The van der Waals surface area contributed by atoms with Gasteiger partial charge in [-0.1, -0.05) is 28.9 Å². The van der Waals surface area contributed by atoms with Crippen molar-refractivity contribution in [3.05, 3.63) is 33.9 Å². The number of nitrogens with zero attached hydrogens (tertiary/aromatic N) is 2. The van der Waals surface area contributed by atoms with Gasteiger partial charge >= 0.3 is 0 Å². The second kappa shape index (κ2) is 5.98. The molecule has 0 aliphatic carbocycles. The third-order valence-corrected chi connectivity index (χ3v) is 4.67. The average molecular weight is 351 g/mol. The zero-order valence-electron chi connectivity index (χ0n) is 10.8. The zero-order valence-corrected chi connectivity index (χ0v) is 13.2. The Kier molecular flexibility index (Phi) is 5.05. The summed E-state index contributed by atoms with van der Waals surface area (Å²) in [5.41, 5.74) is 0.335. The van der Waals surface area contributed by atoms with Gasteiger partial charge in [0.15, 0.2) is 0 Å². The molecule has 0 amide bonds. The van der Waals surface area contributed by atoms with Crippen molar-refractivity contribution in [2.24, 2.45) is 0 Å². The van der Waals surface area contributed by atoms with Crippen LogP contribution < -0.4 is 0 Å². The van der Waals surface area contributed by atoms with Crippen molar-refractivity contribution < 1.29 is 13.3 Å². The summed E-state index contributed by atoms with van der Waals surface area (Å²) >= 11 is 3.33. The topological polar surface area (TPSA) is 80.5 Å². The fourth-order valence-electron chi connectivity index (χ4n) is 1.56. The first-order chi connectivity index (χ1) is 8.66. The van der Waals surface area contributed by atoms with Crippen LogP contribution in [0.4, 0.5) is 5.69 Å². The van der Waals surface area contributed by atoms with E-state index in [9.17, 15) is 18.5 Å². The normalized spacial score (nSPS) is 13.5. The molecule has 1 aromatic rings. The summed E-state index contributed by atoms with van der Waals surface area (Å²) in [5.74, 6) is 0. The summed E-state index contributed by atoms with van der Waals surface area (Å²) in [6.07, 6.45) is 0.457. The Morgan fingerprint density at radius 2 is 2.00 bits per heavy atom. The van der Waals surface area contributed by atoms with Crippen molar-refractivity contribution in [1.29, 1.82) is 0 Å². The fraction of sp³-hybridized carbons (Fsp3) is 0.455. The van der Waals surface area contributed by atoms with E-state index in [1.807, 2.05) is 6.92 Å². The lowest BCUT2D eigenvalue weighted by atomic mass is 10.1. The van der Waals surface area contributed by atoms with Crippen LogP contribution in [-0.4, -0.2) is 36.6 Å². The maximum atomic E-state index is 11.9. The van der Waals surface area contributed by atoms with Gasteiger partial charge in [0.1, 0.15) is 0 Å². The molecule has 0 N–H and O–H groups in total. The van der Waals surface area contributed by atoms with Crippen LogP contribution in [0.3, 0.4) is 0 Å². The van der Waals surface area contributed by atoms with Crippen LogP contribution in [0.2, 0.25) is 0 Å². The first-order valence-corrected chi connectivity index (χ1v) is 7.85. The molecule has 1 aromatic carbocycles. The predicted octanol–water partition coefficient (Wildman–Crippen LogP) is 2.17. The van der Waals surface area contributed by atoms with Gasteiger partial charge in [-0.25, -0.2) is 12.7 Å². The predicted molar refractivity (Wildman–Crippen MR) is 76.1 cm³/mol. The Morgan fingerprint density at radius 1 is 1.42 bits per heavy atom. The summed E-state index contributed by atoms with van der Waals surface area (Å²) in [7, 11) is -0.892. The standard InChI is InChI=1S/C11H15BrN2O4S/c1-8(12)6-9-4-5-10(7-11(9)14(15)16)19(17,18)13(2)3/h4-5,7-8H,6H2,1-3H3. The monoisotopic (exact) mass is 350 g/mol. The number of hydrogen-bond donors (Lipinski definition) is 0. The molecule has 0 heterocycles. The number of hydrogen-bond acceptors (Lipinski definition) is 4. The minimum atomic E-state index is -3.66. The molecule has 0 aromatic heterocycles. The minimum absolute atomic E-state index is 0.0718. The molecule has 0 saturated carbocycles. The number of nitro groups is 1. The van der Waals surface area contributed by atoms with Crippen molar-refractivity contribution in [2.45, 2.75) is 23.1 Å². The molecule has 8 heteroatoms.